The summed E-state index contributed by atoms with van der Waals surface area (Å²) >= 11 is 0. The lowest BCUT2D eigenvalue weighted by Gasteiger charge is -2.17. The summed E-state index contributed by atoms with van der Waals surface area (Å²) in [4.78, 5) is 13.4. The highest BCUT2D eigenvalue weighted by atomic mass is 14.7. The van der Waals surface area contributed by atoms with Crippen molar-refractivity contribution in [2.75, 3.05) is 0 Å². The van der Waals surface area contributed by atoms with Crippen LogP contribution in [0.4, 0.5) is 0 Å². The molecule has 0 N–H and O–H groups in total. The highest BCUT2D eigenvalue weighted by Crippen LogP contribution is 2.43. The number of nitrogens with zero attached hydrogens (tertiary/aromatic N) is 5. The van der Waals surface area contributed by atoms with E-state index in [1.165, 1.54) is 0 Å². The minimum Gasteiger partial charge on any atom is -0.256 e. The van der Waals surface area contributed by atoms with E-state index in [9.17, 15) is 10.5 Å². The lowest BCUT2D eigenvalue weighted by molar-refractivity contribution is 1.26. The van der Waals surface area contributed by atoms with Crippen molar-refractivity contribution in [3.05, 3.63) is 139 Å². The first kappa shape index (κ1) is 24.8. The Morgan fingerprint density at radius 3 is 1.69 bits per heavy atom. The summed E-state index contributed by atoms with van der Waals surface area (Å²) in [6.45, 7) is 0. The molecule has 7 rings (SSSR count). The average molecular weight is 536 g/mol. The molecular formula is C37H21N5. The molecule has 0 bridgehead atoms. The van der Waals surface area contributed by atoms with E-state index in [1.807, 2.05) is 30.5 Å². The smallest absolute Gasteiger partial charge is 0.141 e. The van der Waals surface area contributed by atoms with Crippen LogP contribution in [0.2, 0.25) is 0 Å². The van der Waals surface area contributed by atoms with Gasteiger partial charge < -0.3 is 0 Å². The predicted molar refractivity (Wildman–Crippen MR) is 166 cm³/mol. The number of fused-ring (bicyclic) bond motifs is 2. The Labute approximate surface area is 242 Å². The average Bonchev–Trinajstić information content (AvgIpc) is 3.07. The molecule has 0 radical (unpaired) electrons. The second kappa shape index (κ2) is 10.4. The van der Waals surface area contributed by atoms with Crippen molar-refractivity contribution >= 4 is 21.5 Å². The van der Waals surface area contributed by atoms with Crippen molar-refractivity contribution in [2.24, 2.45) is 0 Å². The molecule has 0 amide bonds. The molecule has 0 aliphatic heterocycles. The van der Waals surface area contributed by atoms with Crippen LogP contribution in [-0.4, -0.2) is 15.0 Å². The minimum absolute atomic E-state index is 0.401. The number of rotatable bonds is 4. The summed E-state index contributed by atoms with van der Waals surface area (Å²) in [5.41, 5.74) is 8.76. The van der Waals surface area contributed by atoms with Gasteiger partial charge in [0.05, 0.1) is 23.0 Å². The second-order valence-corrected chi connectivity index (χ2v) is 9.93. The van der Waals surface area contributed by atoms with Crippen LogP contribution in [0.1, 0.15) is 11.3 Å². The molecule has 42 heavy (non-hydrogen) atoms. The van der Waals surface area contributed by atoms with Crippen LogP contribution < -0.4 is 0 Å². The van der Waals surface area contributed by atoms with E-state index in [1.54, 1.807) is 24.5 Å². The largest absolute Gasteiger partial charge is 0.256 e. The van der Waals surface area contributed by atoms with Gasteiger partial charge in [-0.2, -0.15) is 10.5 Å². The third kappa shape index (κ3) is 4.32. The number of nitriles is 2. The Morgan fingerprint density at radius 2 is 1.07 bits per heavy atom. The van der Waals surface area contributed by atoms with Gasteiger partial charge in [0, 0.05) is 29.7 Å². The van der Waals surface area contributed by atoms with Crippen molar-refractivity contribution in [3.8, 4) is 56.9 Å². The molecule has 7 aromatic rings. The Balaban J connectivity index is 1.38. The van der Waals surface area contributed by atoms with Crippen molar-refractivity contribution in [1.82, 2.24) is 15.0 Å². The lowest BCUT2D eigenvalue weighted by Crippen LogP contribution is -1.93. The molecule has 194 valence electrons. The zero-order valence-electron chi connectivity index (χ0n) is 22.4. The van der Waals surface area contributed by atoms with Crippen LogP contribution in [0, 0.1) is 22.7 Å². The molecule has 0 atom stereocenters. The molecule has 0 spiro atoms. The van der Waals surface area contributed by atoms with Gasteiger partial charge >= 0.3 is 0 Å². The molecule has 5 heteroatoms. The number of hydrogen-bond donors (Lipinski definition) is 0. The van der Waals surface area contributed by atoms with E-state index in [-0.39, 0.29) is 0 Å². The van der Waals surface area contributed by atoms with E-state index in [4.69, 9.17) is 4.98 Å². The van der Waals surface area contributed by atoms with Gasteiger partial charge in [-0.15, -0.1) is 0 Å². The fourth-order valence-electron chi connectivity index (χ4n) is 5.57. The lowest BCUT2D eigenvalue weighted by atomic mass is 9.87. The molecule has 3 heterocycles. The molecule has 4 aromatic carbocycles. The Hall–Kier alpha value is -6.17. The highest BCUT2D eigenvalue weighted by Gasteiger charge is 2.17. The SMILES string of the molecule is N#Cc1ccnc(-c2ccc(-c3c4ccccc4c(-c4ccc(-c5ccnc(C#N)c5)cc4)c4ccccc34)nc2)c1. The Kier molecular flexibility index (Phi) is 6.17. The van der Waals surface area contributed by atoms with Crippen LogP contribution in [0.15, 0.2) is 128 Å². The molecule has 0 saturated carbocycles. The van der Waals surface area contributed by atoms with Gasteiger partial charge in [0.1, 0.15) is 11.8 Å². The Bertz CT molecular complexity index is 1990. The van der Waals surface area contributed by atoms with Crippen LogP contribution >= 0.6 is 0 Å². The fourth-order valence-corrected chi connectivity index (χ4v) is 5.57. The standard InChI is InChI=1S/C37H21N5/c38-21-24-15-17-41-35(19-24)28-13-14-34(42-23-28)37-32-7-3-1-5-30(32)36(31-6-2-4-8-33(31)37)26-11-9-25(10-12-26)27-16-18-40-29(20-27)22-39/h1-20,23H. The summed E-state index contributed by atoms with van der Waals surface area (Å²) in [7, 11) is 0. The van der Waals surface area contributed by atoms with E-state index >= 15 is 0 Å². The maximum absolute atomic E-state index is 9.29. The zero-order chi connectivity index (χ0) is 28.5. The van der Waals surface area contributed by atoms with E-state index in [0.717, 1.165) is 66.3 Å². The summed E-state index contributed by atoms with van der Waals surface area (Å²) < 4.78 is 0. The summed E-state index contributed by atoms with van der Waals surface area (Å²) in [5, 5.41) is 23.1. The molecule has 0 unspecified atom stereocenters. The Morgan fingerprint density at radius 1 is 0.452 bits per heavy atom. The van der Waals surface area contributed by atoms with Crippen LogP contribution in [0.3, 0.4) is 0 Å². The van der Waals surface area contributed by atoms with Crippen LogP contribution in [0.5, 0.6) is 0 Å². The molecular weight excluding hydrogens is 514 g/mol. The number of aromatic nitrogens is 3. The first-order valence-corrected chi connectivity index (χ1v) is 13.5. The molecule has 3 aromatic heterocycles. The van der Waals surface area contributed by atoms with E-state index in [2.05, 4.69) is 94.9 Å². The fraction of sp³-hybridized carbons (Fsp3) is 0. The maximum Gasteiger partial charge on any atom is 0.141 e. The number of hydrogen-bond acceptors (Lipinski definition) is 5. The first-order chi connectivity index (χ1) is 20.7. The molecule has 0 aliphatic carbocycles. The minimum atomic E-state index is 0.401. The van der Waals surface area contributed by atoms with Crippen molar-refractivity contribution in [3.63, 3.8) is 0 Å². The molecule has 0 fully saturated rings. The third-order valence-electron chi connectivity index (χ3n) is 7.52. The first-order valence-electron chi connectivity index (χ1n) is 13.5. The summed E-state index contributed by atoms with van der Waals surface area (Å²) in [6, 6.07) is 40.9. The summed E-state index contributed by atoms with van der Waals surface area (Å²) in [5.74, 6) is 0. The van der Waals surface area contributed by atoms with Gasteiger partial charge in [0.15, 0.2) is 0 Å². The molecule has 5 nitrogen and oxygen atoms in total. The predicted octanol–water partition coefficient (Wildman–Crippen LogP) is 8.59. The van der Waals surface area contributed by atoms with Gasteiger partial charge in [-0.1, -0.05) is 72.8 Å². The number of pyridine rings is 3. The quantitative estimate of drug-likeness (QED) is 0.211. The normalized spacial score (nSPS) is 10.8. The molecule has 0 saturated heterocycles. The van der Waals surface area contributed by atoms with Gasteiger partial charge in [0.25, 0.3) is 0 Å². The van der Waals surface area contributed by atoms with E-state index in [0.29, 0.717) is 11.3 Å². The summed E-state index contributed by atoms with van der Waals surface area (Å²) in [6.07, 6.45) is 5.14. The van der Waals surface area contributed by atoms with Crippen molar-refractivity contribution in [2.45, 2.75) is 0 Å². The second-order valence-electron chi connectivity index (χ2n) is 9.93. The van der Waals surface area contributed by atoms with Crippen LogP contribution in [-0.2, 0) is 0 Å². The van der Waals surface area contributed by atoms with Crippen LogP contribution in [0.25, 0.3) is 66.3 Å². The van der Waals surface area contributed by atoms with Gasteiger partial charge in [0.2, 0.25) is 0 Å². The van der Waals surface area contributed by atoms with Gasteiger partial charge in [-0.05, 0) is 80.2 Å². The van der Waals surface area contributed by atoms with Crippen molar-refractivity contribution in [1.29, 1.82) is 10.5 Å². The third-order valence-corrected chi connectivity index (χ3v) is 7.52. The van der Waals surface area contributed by atoms with E-state index < -0.39 is 0 Å². The topological polar surface area (TPSA) is 86.2 Å². The van der Waals surface area contributed by atoms with Crippen molar-refractivity contribution < 1.29 is 0 Å². The van der Waals surface area contributed by atoms with Gasteiger partial charge in [-0.25, -0.2) is 4.98 Å². The molecule has 0 aliphatic rings. The number of benzene rings is 4. The monoisotopic (exact) mass is 535 g/mol. The highest BCUT2D eigenvalue weighted by molar-refractivity contribution is 6.21. The van der Waals surface area contributed by atoms with Gasteiger partial charge in [-0.3, -0.25) is 9.97 Å². The zero-order valence-corrected chi connectivity index (χ0v) is 22.4. The maximum atomic E-state index is 9.29.